The fraction of sp³-hybridized carbons (Fsp3) is 0.278. The maximum atomic E-state index is 10.8. The Morgan fingerprint density at radius 1 is 0.955 bits per heavy atom. The van der Waals surface area contributed by atoms with Gasteiger partial charge in [-0.3, -0.25) is 4.90 Å². The zero-order chi connectivity index (χ0) is 15.7. The number of halogens is 2. The summed E-state index contributed by atoms with van der Waals surface area (Å²) in [5, 5.41) is 11.9. The van der Waals surface area contributed by atoms with Crippen LogP contribution in [0.5, 0.6) is 0 Å². The van der Waals surface area contributed by atoms with E-state index in [9.17, 15) is 5.11 Å². The largest absolute Gasteiger partial charge is 0.371 e. The summed E-state index contributed by atoms with van der Waals surface area (Å²) < 4.78 is 0. The molecule has 1 aliphatic heterocycles. The molecule has 22 heavy (non-hydrogen) atoms. The first-order valence-corrected chi connectivity index (χ1v) is 8.13. The van der Waals surface area contributed by atoms with E-state index >= 15 is 0 Å². The van der Waals surface area contributed by atoms with Crippen molar-refractivity contribution in [1.82, 2.24) is 4.90 Å². The predicted molar refractivity (Wildman–Crippen MR) is 92.0 cm³/mol. The van der Waals surface area contributed by atoms with Crippen molar-refractivity contribution in [3.63, 3.8) is 0 Å². The summed E-state index contributed by atoms with van der Waals surface area (Å²) in [4.78, 5) is 2.01. The lowest BCUT2D eigenvalue weighted by molar-refractivity contribution is -0.0636. The average molecular weight is 335 g/mol. The van der Waals surface area contributed by atoms with Crippen molar-refractivity contribution < 1.29 is 5.11 Å². The average Bonchev–Trinajstić information content (AvgIpc) is 3.05. The molecular formula is C18H18Cl2NO. The molecule has 4 heteroatoms. The Kier molecular flexibility index (Phi) is 4.47. The molecule has 1 heterocycles. The van der Waals surface area contributed by atoms with E-state index in [2.05, 4.69) is 6.92 Å². The highest BCUT2D eigenvalue weighted by Crippen LogP contribution is 2.33. The maximum absolute atomic E-state index is 10.8. The SMILES string of the molecule is [CH2]C(O)(c1cccc(-c2ccc(Cl)c(Cl)c2)c1)N1CCCC1. The highest BCUT2D eigenvalue weighted by Gasteiger charge is 2.33. The normalized spacial score (nSPS) is 18.4. The van der Waals surface area contributed by atoms with E-state index in [1.807, 2.05) is 41.3 Å². The van der Waals surface area contributed by atoms with Crippen molar-refractivity contribution in [3.05, 3.63) is 65.0 Å². The molecule has 0 aromatic heterocycles. The number of aliphatic hydroxyl groups is 1. The van der Waals surface area contributed by atoms with Crippen molar-refractivity contribution in [2.45, 2.75) is 18.6 Å². The van der Waals surface area contributed by atoms with Gasteiger partial charge in [0.25, 0.3) is 0 Å². The van der Waals surface area contributed by atoms with E-state index in [1.165, 1.54) is 0 Å². The van der Waals surface area contributed by atoms with E-state index in [0.29, 0.717) is 10.0 Å². The summed E-state index contributed by atoms with van der Waals surface area (Å²) in [7, 11) is 0. The summed E-state index contributed by atoms with van der Waals surface area (Å²) in [5.41, 5.74) is 1.55. The van der Waals surface area contributed by atoms with Gasteiger partial charge in [-0.05, 0) is 54.7 Å². The summed E-state index contributed by atoms with van der Waals surface area (Å²) in [6.07, 6.45) is 2.20. The third kappa shape index (κ3) is 3.02. The third-order valence-electron chi connectivity index (χ3n) is 4.21. The van der Waals surface area contributed by atoms with Crippen LogP contribution in [-0.4, -0.2) is 23.1 Å². The Hall–Kier alpha value is -1.06. The summed E-state index contributed by atoms with van der Waals surface area (Å²) in [5.74, 6) is 0. The molecular weight excluding hydrogens is 317 g/mol. The first kappa shape index (κ1) is 15.8. The molecule has 2 aromatic carbocycles. The minimum atomic E-state index is -1.19. The molecule has 0 spiro atoms. The number of benzene rings is 2. The van der Waals surface area contributed by atoms with E-state index in [4.69, 9.17) is 23.2 Å². The molecule has 1 aliphatic rings. The van der Waals surface area contributed by atoms with Crippen LogP contribution in [-0.2, 0) is 5.72 Å². The zero-order valence-electron chi connectivity index (χ0n) is 12.2. The molecule has 1 atom stereocenters. The van der Waals surface area contributed by atoms with Gasteiger partial charge in [-0.15, -0.1) is 0 Å². The van der Waals surface area contributed by atoms with Crippen molar-refractivity contribution in [1.29, 1.82) is 0 Å². The van der Waals surface area contributed by atoms with Gasteiger partial charge in [0, 0.05) is 13.1 Å². The van der Waals surface area contributed by atoms with Crippen molar-refractivity contribution >= 4 is 23.2 Å². The quantitative estimate of drug-likeness (QED) is 0.876. The van der Waals surface area contributed by atoms with E-state index < -0.39 is 5.72 Å². The predicted octanol–water partition coefficient (Wildman–Crippen LogP) is 4.74. The third-order valence-corrected chi connectivity index (χ3v) is 4.95. The van der Waals surface area contributed by atoms with Gasteiger partial charge in [-0.2, -0.15) is 0 Å². The molecule has 1 fully saturated rings. The molecule has 1 N–H and O–H groups in total. The Morgan fingerprint density at radius 2 is 1.64 bits per heavy atom. The van der Waals surface area contributed by atoms with Crippen LogP contribution in [0.3, 0.4) is 0 Å². The van der Waals surface area contributed by atoms with Crippen LogP contribution >= 0.6 is 23.2 Å². The fourth-order valence-electron chi connectivity index (χ4n) is 2.89. The second-order valence-corrected chi connectivity index (χ2v) is 6.53. The molecule has 1 unspecified atom stereocenters. The molecule has 2 aromatic rings. The molecule has 0 saturated carbocycles. The Bertz CT molecular complexity index is 679. The first-order valence-electron chi connectivity index (χ1n) is 7.37. The molecule has 0 bridgehead atoms. The maximum Gasteiger partial charge on any atom is 0.144 e. The van der Waals surface area contributed by atoms with Crippen LogP contribution < -0.4 is 0 Å². The fourth-order valence-corrected chi connectivity index (χ4v) is 3.19. The monoisotopic (exact) mass is 334 g/mol. The van der Waals surface area contributed by atoms with Crippen LogP contribution in [0.4, 0.5) is 0 Å². The van der Waals surface area contributed by atoms with Gasteiger partial charge < -0.3 is 5.11 Å². The summed E-state index contributed by atoms with van der Waals surface area (Å²) in [6.45, 7) is 5.77. The Labute approximate surface area is 141 Å². The van der Waals surface area contributed by atoms with E-state index in [0.717, 1.165) is 42.6 Å². The lowest BCUT2D eigenvalue weighted by atomic mass is 9.97. The number of rotatable bonds is 3. The first-order chi connectivity index (χ1) is 10.5. The molecule has 3 rings (SSSR count). The second-order valence-electron chi connectivity index (χ2n) is 5.72. The lowest BCUT2D eigenvalue weighted by Gasteiger charge is -2.34. The van der Waals surface area contributed by atoms with Crippen LogP contribution in [0.2, 0.25) is 10.0 Å². The summed E-state index contributed by atoms with van der Waals surface area (Å²) in [6, 6.07) is 13.3. The molecule has 2 nitrogen and oxygen atoms in total. The second kappa shape index (κ2) is 6.21. The Morgan fingerprint density at radius 3 is 2.32 bits per heavy atom. The van der Waals surface area contributed by atoms with E-state index in [1.54, 1.807) is 6.07 Å². The number of hydrogen-bond acceptors (Lipinski definition) is 2. The number of nitrogens with zero attached hydrogens (tertiary/aromatic N) is 1. The smallest absolute Gasteiger partial charge is 0.144 e. The summed E-state index contributed by atoms with van der Waals surface area (Å²) >= 11 is 12.1. The van der Waals surface area contributed by atoms with Crippen molar-refractivity contribution in [3.8, 4) is 11.1 Å². The standard InChI is InChI=1S/C18H18Cl2NO/c1-18(22,21-9-2-3-10-21)15-6-4-5-13(11-15)14-7-8-16(19)17(20)12-14/h4-8,11-12,22H,1-3,9-10H2. The molecule has 115 valence electrons. The lowest BCUT2D eigenvalue weighted by Crippen LogP contribution is -2.42. The minimum Gasteiger partial charge on any atom is -0.371 e. The van der Waals surface area contributed by atoms with Crippen LogP contribution in [0.1, 0.15) is 18.4 Å². The molecule has 0 amide bonds. The highest BCUT2D eigenvalue weighted by molar-refractivity contribution is 6.42. The van der Waals surface area contributed by atoms with Gasteiger partial charge >= 0.3 is 0 Å². The van der Waals surface area contributed by atoms with E-state index in [-0.39, 0.29) is 0 Å². The van der Waals surface area contributed by atoms with Gasteiger partial charge in [0.2, 0.25) is 0 Å². The molecule has 1 saturated heterocycles. The number of likely N-dealkylation sites (tertiary alicyclic amines) is 1. The highest BCUT2D eigenvalue weighted by atomic mass is 35.5. The van der Waals surface area contributed by atoms with Gasteiger partial charge in [-0.1, -0.05) is 47.5 Å². The number of hydrogen-bond donors (Lipinski definition) is 1. The van der Waals surface area contributed by atoms with Crippen LogP contribution in [0.15, 0.2) is 42.5 Å². The van der Waals surface area contributed by atoms with Crippen LogP contribution in [0, 0.1) is 6.92 Å². The molecule has 0 aliphatic carbocycles. The zero-order valence-corrected chi connectivity index (χ0v) is 13.7. The topological polar surface area (TPSA) is 23.5 Å². The van der Waals surface area contributed by atoms with Crippen molar-refractivity contribution in [2.75, 3.05) is 13.1 Å². The van der Waals surface area contributed by atoms with Crippen molar-refractivity contribution in [2.24, 2.45) is 0 Å². The van der Waals surface area contributed by atoms with Gasteiger partial charge in [-0.25, -0.2) is 0 Å². The molecule has 1 radical (unpaired) electrons. The van der Waals surface area contributed by atoms with Crippen LogP contribution in [0.25, 0.3) is 11.1 Å². The van der Waals surface area contributed by atoms with Gasteiger partial charge in [0.1, 0.15) is 5.72 Å². The van der Waals surface area contributed by atoms with Gasteiger partial charge in [0.05, 0.1) is 10.0 Å². The Balaban J connectivity index is 1.96. The van der Waals surface area contributed by atoms with Gasteiger partial charge in [0.15, 0.2) is 0 Å². The minimum absolute atomic E-state index is 0.522.